The quantitative estimate of drug-likeness (QED) is 0.0689. The van der Waals surface area contributed by atoms with Gasteiger partial charge < -0.3 is 0 Å². The van der Waals surface area contributed by atoms with E-state index in [-0.39, 0.29) is 12.5 Å². The molecule has 0 heterocycles. The van der Waals surface area contributed by atoms with Gasteiger partial charge in [0.25, 0.3) is 0 Å². The molecule has 0 spiro atoms. The summed E-state index contributed by atoms with van der Waals surface area (Å²) in [6.07, 6.45) is 34.2. The van der Waals surface area contributed by atoms with Crippen molar-refractivity contribution in [3.63, 3.8) is 0 Å². The van der Waals surface area contributed by atoms with E-state index in [9.17, 15) is 8.42 Å². The van der Waals surface area contributed by atoms with E-state index in [0.717, 1.165) is 19.3 Å². The van der Waals surface area contributed by atoms with Gasteiger partial charge in [0, 0.05) is 5.92 Å². The first-order valence-corrected chi connectivity index (χ1v) is 16.1. The molecule has 0 rings (SSSR count). The monoisotopic (exact) mass is 502 g/mol. The highest BCUT2D eigenvalue weighted by atomic mass is 32.3. The average molecular weight is 503 g/mol. The van der Waals surface area contributed by atoms with E-state index < -0.39 is 10.4 Å². The van der Waals surface area contributed by atoms with Gasteiger partial charge in [0.2, 0.25) is 0 Å². The highest BCUT2D eigenvalue weighted by Crippen LogP contribution is 2.17. The van der Waals surface area contributed by atoms with Gasteiger partial charge >= 0.3 is 10.4 Å². The molecule has 0 aromatic heterocycles. The Labute approximate surface area is 213 Å². The molecule has 204 valence electrons. The van der Waals surface area contributed by atoms with E-state index in [1.165, 1.54) is 128 Å². The molecule has 0 saturated heterocycles. The third kappa shape index (κ3) is 27.9. The lowest BCUT2D eigenvalue weighted by molar-refractivity contribution is 0.234. The van der Waals surface area contributed by atoms with Crippen molar-refractivity contribution in [2.45, 2.75) is 162 Å². The first-order chi connectivity index (χ1) is 16.5. The predicted molar refractivity (Wildman–Crippen MR) is 148 cm³/mol. The van der Waals surface area contributed by atoms with Gasteiger partial charge in [0.05, 0.1) is 6.61 Å². The van der Waals surface area contributed by atoms with E-state index in [1.807, 2.05) is 0 Å². The molecular formula is C29H58O4S. The maximum Gasteiger partial charge on any atom is 0.397 e. The molecule has 5 heteroatoms. The van der Waals surface area contributed by atoms with Crippen LogP contribution in [0.2, 0.25) is 0 Å². The smallest absolute Gasteiger partial charge is 0.264 e. The van der Waals surface area contributed by atoms with E-state index in [4.69, 9.17) is 4.55 Å². The van der Waals surface area contributed by atoms with Crippen LogP contribution in [-0.4, -0.2) is 19.6 Å². The second-order valence-corrected chi connectivity index (χ2v) is 11.3. The second-order valence-electron chi connectivity index (χ2n) is 10.2. The normalized spacial score (nSPS) is 13.1. The minimum absolute atomic E-state index is 0.0437. The lowest BCUT2D eigenvalue weighted by atomic mass is 10.00. The molecule has 0 saturated carbocycles. The van der Waals surface area contributed by atoms with Gasteiger partial charge in [-0.2, -0.15) is 8.42 Å². The van der Waals surface area contributed by atoms with Gasteiger partial charge in [-0.15, -0.1) is 0 Å². The summed E-state index contributed by atoms with van der Waals surface area (Å²) in [4.78, 5) is 0. The van der Waals surface area contributed by atoms with E-state index >= 15 is 0 Å². The summed E-state index contributed by atoms with van der Waals surface area (Å²) in [5.41, 5.74) is 0. The topological polar surface area (TPSA) is 63.6 Å². The van der Waals surface area contributed by atoms with Crippen molar-refractivity contribution in [1.82, 2.24) is 0 Å². The maximum absolute atomic E-state index is 10.9. The van der Waals surface area contributed by atoms with Crippen LogP contribution < -0.4 is 0 Å². The summed E-state index contributed by atoms with van der Waals surface area (Å²) in [5.74, 6) is 0.0598. The van der Waals surface area contributed by atoms with Gasteiger partial charge in [-0.3, -0.25) is 4.55 Å². The van der Waals surface area contributed by atoms with E-state index in [1.54, 1.807) is 0 Å². The van der Waals surface area contributed by atoms with Crippen molar-refractivity contribution in [3.05, 3.63) is 12.2 Å². The van der Waals surface area contributed by atoms with E-state index in [0.29, 0.717) is 0 Å². The molecule has 0 aromatic carbocycles. The summed E-state index contributed by atoms with van der Waals surface area (Å²) in [6, 6.07) is 0. The third-order valence-corrected chi connectivity index (χ3v) is 7.18. The van der Waals surface area contributed by atoms with Crippen LogP contribution in [0.3, 0.4) is 0 Å². The zero-order chi connectivity index (χ0) is 25.2. The van der Waals surface area contributed by atoms with Crippen molar-refractivity contribution in [2.75, 3.05) is 6.61 Å². The number of hydrogen-bond acceptors (Lipinski definition) is 3. The van der Waals surface area contributed by atoms with Gasteiger partial charge in [-0.05, 0) is 19.3 Å². The lowest BCUT2D eigenvalue weighted by Gasteiger charge is -2.12. The van der Waals surface area contributed by atoms with Crippen LogP contribution in [0, 0.1) is 5.92 Å². The Balaban J connectivity index is 3.63. The molecule has 0 aliphatic carbocycles. The van der Waals surface area contributed by atoms with Crippen LogP contribution in [0.25, 0.3) is 0 Å². The van der Waals surface area contributed by atoms with E-state index in [2.05, 4.69) is 30.2 Å². The fourth-order valence-electron chi connectivity index (χ4n) is 4.52. The molecule has 1 unspecified atom stereocenters. The standard InChI is InChI=1S/C29H58O4S/c1-3-5-7-9-10-11-12-13-14-15-16-17-18-19-20-21-23-25-27-29(28-33-34(30,31)32)26-24-22-8-6-4-2/h25,27,29H,3-24,26,28H2,1-2H3,(H,30,31,32)/b27-25+. The Kier molecular flexibility index (Phi) is 25.4. The zero-order valence-electron chi connectivity index (χ0n) is 22.8. The molecule has 4 nitrogen and oxygen atoms in total. The summed E-state index contributed by atoms with van der Waals surface area (Å²) >= 11 is 0. The summed E-state index contributed by atoms with van der Waals surface area (Å²) < 4.78 is 35.3. The lowest BCUT2D eigenvalue weighted by Crippen LogP contribution is -2.12. The number of allylic oxidation sites excluding steroid dienone is 1. The van der Waals surface area contributed by atoms with Crippen LogP contribution in [0.5, 0.6) is 0 Å². The first-order valence-electron chi connectivity index (χ1n) is 14.8. The molecule has 0 fully saturated rings. The fraction of sp³-hybridized carbons (Fsp3) is 0.931. The number of hydrogen-bond donors (Lipinski definition) is 1. The van der Waals surface area contributed by atoms with Gasteiger partial charge in [-0.1, -0.05) is 154 Å². The number of unbranched alkanes of at least 4 members (excludes halogenated alkanes) is 20. The molecular weight excluding hydrogens is 444 g/mol. The Morgan fingerprint density at radius 2 is 1.00 bits per heavy atom. The minimum Gasteiger partial charge on any atom is -0.264 e. The van der Waals surface area contributed by atoms with Crippen LogP contribution in [-0.2, 0) is 14.6 Å². The number of rotatable bonds is 27. The third-order valence-electron chi connectivity index (χ3n) is 6.74. The van der Waals surface area contributed by atoms with Crippen molar-refractivity contribution >= 4 is 10.4 Å². The van der Waals surface area contributed by atoms with Crippen molar-refractivity contribution in [1.29, 1.82) is 0 Å². The molecule has 0 aromatic rings. The molecule has 0 aliphatic rings. The van der Waals surface area contributed by atoms with Gasteiger partial charge in [-0.25, -0.2) is 4.18 Å². The molecule has 0 amide bonds. The van der Waals surface area contributed by atoms with Crippen LogP contribution in [0.1, 0.15) is 162 Å². The summed E-state index contributed by atoms with van der Waals surface area (Å²) in [5, 5.41) is 0. The van der Waals surface area contributed by atoms with Crippen molar-refractivity contribution in [3.8, 4) is 0 Å². The SMILES string of the molecule is CCCCCCCCCCCCCCCCCC/C=C/C(CCCCCCC)COS(=O)(=O)O. The Bertz CT molecular complexity index is 530. The largest absolute Gasteiger partial charge is 0.397 e. The molecule has 34 heavy (non-hydrogen) atoms. The second kappa shape index (κ2) is 25.7. The predicted octanol–water partition coefficient (Wildman–Crippen LogP) is 9.99. The highest BCUT2D eigenvalue weighted by molar-refractivity contribution is 7.80. The van der Waals surface area contributed by atoms with Gasteiger partial charge in [0.15, 0.2) is 0 Å². The minimum atomic E-state index is -4.36. The zero-order valence-corrected chi connectivity index (χ0v) is 23.6. The molecule has 0 radical (unpaired) electrons. The fourth-order valence-corrected chi connectivity index (χ4v) is 4.86. The molecule has 0 bridgehead atoms. The maximum atomic E-state index is 10.9. The molecule has 1 atom stereocenters. The Morgan fingerprint density at radius 1 is 0.618 bits per heavy atom. The van der Waals surface area contributed by atoms with Crippen molar-refractivity contribution < 1.29 is 17.2 Å². The summed E-state index contributed by atoms with van der Waals surface area (Å²) in [7, 11) is -4.36. The summed E-state index contributed by atoms with van der Waals surface area (Å²) in [6.45, 7) is 4.52. The van der Waals surface area contributed by atoms with Crippen LogP contribution >= 0.6 is 0 Å². The Morgan fingerprint density at radius 3 is 1.41 bits per heavy atom. The van der Waals surface area contributed by atoms with Crippen LogP contribution in [0.4, 0.5) is 0 Å². The van der Waals surface area contributed by atoms with Gasteiger partial charge in [0.1, 0.15) is 0 Å². The average Bonchev–Trinajstić information content (AvgIpc) is 2.80. The van der Waals surface area contributed by atoms with Crippen LogP contribution in [0.15, 0.2) is 12.2 Å². The first kappa shape index (κ1) is 33.6. The van der Waals surface area contributed by atoms with Crippen molar-refractivity contribution in [2.24, 2.45) is 5.92 Å². The molecule has 1 N–H and O–H groups in total. The highest BCUT2D eigenvalue weighted by Gasteiger charge is 2.11. The Hall–Kier alpha value is -0.390. The molecule has 0 aliphatic heterocycles.